The Labute approximate surface area is 295 Å². The number of piperazine rings is 1. The highest BCUT2D eigenvalue weighted by Crippen LogP contribution is 2.36. The van der Waals surface area contributed by atoms with Crippen molar-refractivity contribution in [1.29, 1.82) is 0 Å². The number of aryl methyl sites for hydroxylation is 3. The van der Waals surface area contributed by atoms with Crippen molar-refractivity contribution in [2.45, 2.75) is 56.8 Å². The van der Waals surface area contributed by atoms with Crippen molar-refractivity contribution in [3.05, 3.63) is 116 Å². The molecule has 10 nitrogen and oxygen atoms in total. The van der Waals surface area contributed by atoms with Crippen LogP contribution in [0.1, 0.15) is 77.3 Å². The molecule has 1 saturated heterocycles. The summed E-state index contributed by atoms with van der Waals surface area (Å²) in [5, 5.41) is 12.1. The molecule has 12 heteroatoms. The number of nitrogens with one attached hydrogen (secondary N) is 1. The first-order chi connectivity index (χ1) is 24.0. The lowest BCUT2D eigenvalue weighted by atomic mass is 9.93. The van der Waals surface area contributed by atoms with Crippen molar-refractivity contribution in [2.75, 3.05) is 31.5 Å². The van der Waals surface area contributed by atoms with E-state index in [1.807, 2.05) is 36.4 Å². The van der Waals surface area contributed by atoms with E-state index in [0.29, 0.717) is 29.2 Å². The third kappa shape index (κ3) is 7.88. The Balaban J connectivity index is 1.14. The lowest BCUT2D eigenvalue weighted by molar-refractivity contribution is -0.129. The number of sulfonamides is 1. The van der Waals surface area contributed by atoms with Gasteiger partial charge in [0.1, 0.15) is 0 Å². The Morgan fingerprint density at radius 1 is 0.820 bits per heavy atom. The van der Waals surface area contributed by atoms with Crippen molar-refractivity contribution in [1.82, 2.24) is 9.21 Å². The van der Waals surface area contributed by atoms with Crippen LogP contribution in [0.25, 0.3) is 0 Å². The van der Waals surface area contributed by atoms with Gasteiger partial charge in [-0.15, -0.1) is 11.3 Å². The van der Waals surface area contributed by atoms with Crippen molar-refractivity contribution in [3.63, 3.8) is 0 Å². The van der Waals surface area contributed by atoms with Gasteiger partial charge in [-0.3, -0.25) is 14.4 Å². The summed E-state index contributed by atoms with van der Waals surface area (Å²) in [7, 11) is -3.86. The summed E-state index contributed by atoms with van der Waals surface area (Å²) in [5.41, 5.74) is 4.80. The minimum absolute atomic E-state index is 0.0202. The molecule has 2 heterocycles. The number of ketones is 1. The predicted octanol–water partition coefficient (Wildman–Crippen LogP) is 5.64. The Morgan fingerprint density at radius 2 is 1.46 bits per heavy atom. The number of carboxylic acids is 1. The van der Waals surface area contributed by atoms with Gasteiger partial charge in [-0.1, -0.05) is 36.4 Å². The molecule has 2 amide bonds. The Bertz CT molecular complexity index is 2030. The summed E-state index contributed by atoms with van der Waals surface area (Å²) in [6.07, 6.45) is 5.08. The number of aromatic carboxylic acids is 1. The monoisotopic (exact) mass is 713 g/mol. The average molecular weight is 714 g/mol. The SMILES string of the molecule is CC(=O)N1CCN(S(=O)(=O)c2cccc(C(=O)Cc3sc4c(c3C(=O)Nc3ccc(CCc5ccc(C(=O)O)cc5)cc3)CCCC4)c2)CC1. The third-order valence-electron chi connectivity index (χ3n) is 9.39. The first-order valence-electron chi connectivity index (χ1n) is 16.7. The van der Waals surface area contributed by atoms with Crippen LogP contribution in [0.3, 0.4) is 0 Å². The normalized spacial score (nSPS) is 14.9. The standard InChI is InChI=1S/C38H39N3O7S2/c1-25(42)40-19-21-41(22-20-40)50(47,48)31-6-4-5-29(23-31)33(43)24-35-36(32-7-2-3-8-34(32)49-35)37(44)39-30-17-13-27(14-18-30)10-9-26-11-15-28(16-12-26)38(45)46/h4-6,11-18,23H,2-3,7-10,19-22,24H2,1H3,(H,39,44)(H,45,46). The van der Waals surface area contributed by atoms with Crippen LogP contribution < -0.4 is 5.32 Å². The van der Waals surface area contributed by atoms with Crippen LogP contribution >= 0.6 is 11.3 Å². The highest BCUT2D eigenvalue weighted by Gasteiger charge is 2.31. The molecule has 0 saturated carbocycles. The average Bonchev–Trinajstić information content (AvgIpc) is 3.49. The molecule has 1 aromatic heterocycles. The minimum Gasteiger partial charge on any atom is -0.478 e. The summed E-state index contributed by atoms with van der Waals surface area (Å²) >= 11 is 1.50. The van der Waals surface area contributed by atoms with Crippen LogP contribution in [-0.2, 0) is 46.9 Å². The molecule has 4 aromatic rings. The van der Waals surface area contributed by atoms with Crippen molar-refractivity contribution in [2.24, 2.45) is 0 Å². The molecule has 50 heavy (non-hydrogen) atoms. The topological polar surface area (TPSA) is 141 Å². The summed E-state index contributed by atoms with van der Waals surface area (Å²) < 4.78 is 28.2. The minimum atomic E-state index is -3.86. The highest BCUT2D eigenvalue weighted by atomic mass is 32.2. The van der Waals surface area contributed by atoms with E-state index in [-0.39, 0.29) is 53.1 Å². The van der Waals surface area contributed by atoms with Crippen molar-refractivity contribution < 1.29 is 32.7 Å². The molecule has 6 rings (SSSR count). The quantitative estimate of drug-likeness (QED) is 0.192. The van der Waals surface area contributed by atoms with E-state index in [1.54, 1.807) is 29.2 Å². The van der Waals surface area contributed by atoms with Crippen LogP contribution in [0.2, 0.25) is 0 Å². The number of anilines is 1. The highest BCUT2D eigenvalue weighted by molar-refractivity contribution is 7.89. The first-order valence-corrected chi connectivity index (χ1v) is 19.0. The summed E-state index contributed by atoms with van der Waals surface area (Å²) in [6.45, 7) is 2.47. The smallest absolute Gasteiger partial charge is 0.335 e. The number of amides is 2. The van der Waals surface area contributed by atoms with E-state index >= 15 is 0 Å². The molecule has 0 unspecified atom stereocenters. The largest absolute Gasteiger partial charge is 0.478 e. The van der Waals surface area contributed by atoms with Gasteiger partial charge in [-0.25, -0.2) is 13.2 Å². The van der Waals surface area contributed by atoms with Gasteiger partial charge in [0.25, 0.3) is 5.91 Å². The molecule has 3 aromatic carbocycles. The van der Waals surface area contributed by atoms with E-state index < -0.39 is 16.0 Å². The molecule has 2 aliphatic rings. The Hall–Kier alpha value is -4.65. The molecule has 2 N–H and O–H groups in total. The van der Waals surface area contributed by atoms with Gasteiger partial charge in [-0.2, -0.15) is 4.31 Å². The fraction of sp³-hybridized carbons (Fsp3) is 0.316. The Kier molecular flexibility index (Phi) is 10.6. The lowest BCUT2D eigenvalue weighted by Gasteiger charge is -2.33. The summed E-state index contributed by atoms with van der Waals surface area (Å²) in [5.74, 6) is -1.57. The second kappa shape index (κ2) is 15.1. The van der Waals surface area contributed by atoms with Gasteiger partial charge in [0.15, 0.2) is 5.78 Å². The number of fused-ring (bicyclic) bond motifs is 1. The number of carbonyl (C=O) groups excluding carboxylic acids is 3. The molecule has 0 radical (unpaired) electrons. The van der Waals surface area contributed by atoms with E-state index in [1.165, 1.54) is 34.7 Å². The van der Waals surface area contributed by atoms with Crippen molar-refractivity contribution >= 4 is 50.6 Å². The number of Topliss-reactive ketones (excluding diaryl/α,β-unsaturated/α-hetero) is 1. The zero-order valence-electron chi connectivity index (χ0n) is 27.8. The molecule has 0 spiro atoms. The van der Waals surface area contributed by atoms with Crippen molar-refractivity contribution in [3.8, 4) is 0 Å². The molecular formula is C38H39N3O7S2. The molecule has 1 fully saturated rings. The molecule has 1 aliphatic heterocycles. The zero-order chi connectivity index (χ0) is 35.4. The maximum absolute atomic E-state index is 13.8. The van der Waals surface area contributed by atoms with Crippen LogP contribution in [0.15, 0.2) is 77.7 Å². The molecule has 1 aliphatic carbocycles. The van der Waals surface area contributed by atoms with E-state index in [9.17, 15) is 27.6 Å². The number of carboxylic acid groups (broad SMARTS) is 1. The second-order valence-corrected chi connectivity index (χ2v) is 15.8. The van der Waals surface area contributed by atoms with Crippen LogP contribution in [0.5, 0.6) is 0 Å². The fourth-order valence-electron chi connectivity index (χ4n) is 6.53. The van der Waals surface area contributed by atoms with Crippen LogP contribution in [-0.4, -0.2) is 72.5 Å². The van der Waals surface area contributed by atoms with Gasteiger partial charge >= 0.3 is 5.97 Å². The van der Waals surface area contributed by atoms with Gasteiger partial charge in [0.05, 0.1) is 16.0 Å². The number of thiophene rings is 1. The van der Waals surface area contributed by atoms with Gasteiger partial charge < -0.3 is 15.3 Å². The summed E-state index contributed by atoms with van der Waals surface area (Å²) in [6, 6.07) is 20.5. The van der Waals surface area contributed by atoms with E-state index in [2.05, 4.69) is 5.32 Å². The number of nitrogens with zero attached hydrogens (tertiary/aromatic N) is 2. The fourth-order valence-corrected chi connectivity index (χ4v) is 9.39. The number of carbonyl (C=O) groups is 4. The van der Waals surface area contributed by atoms with Crippen LogP contribution in [0, 0.1) is 0 Å². The molecule has 260 valence electrons. The number of rotatable bonds is 11. The van der Waals surface area contributed by atoms with Crippen LogP contribution in [0.4, 0.5) is 5.69 Å². The molecular weight excluding hydrogens is 675 g/mol. The van der Waals surface area contributed by atoms with E-state index in [4.69, 9.17) is 5.11 Å². The molecule has 0 atom stereocenters. The predicted molar refractivity (Wildman–Crippen MR) is 192 cm³/mol. The second-order valence-electron chi connectivity index (χ2n) is 12.7. The van der Waals surface area contributed by atoms with E-state index in [0.717, 1.165) is 60.1 Å². The third-order valence-corrected chi connectivity index (χ3v) is 12.6. The van der Waals surface area contributed by atoms with Gasteiger partial charge in [-0.05, 0) is 91.6 Å². The zero-order valence-corrected chi connectivity index (χ0v) is 29.4. The van der Waals surface area contributed by atoms with Gasteiger partial charge in [0, 0.05) is 60.5 Å². The molecule has 0 bridgehead atoms. The van der Waals surface area contributed by atoms with Gasteiger partial charge in [0.2, 0.25) is 15.9 Å². The number of hydrogen-bond donors (Lipinski definition) is 2. The first kappa shape index (κ1) is 35.2. The maximum Gasteiger partial charge on any atom is 0.335 e. The number of hydrogen-bond acceptors (Lipinski definition) is 7. The summed E-state index contributed by atoms with van der Waals surface area (Å²) in [4.78, 5) is 53.7. The Morgan fingerprint density at radius 3 is 2.10 bits per heavy atom. The maximum atomic E-state index is 13.8. The lowest BCUT2D eigenvalue weighted by Crippen LogP contribution is -2.49. The number of benzene rings is 3.